The minimum absolute atomic E-state index is 0.0237. The normalized spacial score (nSPS) is 11.9. The van der Waals surface area contributed by atoms with Crippen LogP contribution in [-0.2, 0) is 10.0 Å². The fourth-order valence-electron chi connectivity index (χ4n) is 3.83. The molecule has 0 saturated heterocycles. The van der Waals surface area contributed by atoms with Crippen molar-refractivity contribution in [1.82, 2.24) is 8.96 Å². The van der Waals surface area contributed by atoms with Gasteiger partial charge in [-0.3, -0.25) is 10.1 Å². The second-order valence-electron chi connectivity index (χ2n) is 7.36. The van der Waals surface area contributed by atoms with Crippen LogP contribution in [0.3, 0.4) is 0 Å². The number of aromatic amines is 1. The molecule has 7 nitrogen and oxygen atoms in total. The number of aryl methyl sites for hydroxylation is 1. The Kier molecular flexibility index (Phi) is 4.19. The van der Waals surface area contributed by atoms with Gasteiger partial charge in [-0.1, -0.05) is 35.9 Å². The monoisotopic (exact) mass is 431 g/mol. The molecule has 0 unspecified atom stereocenters. The molecule has 0 aliphatic rings. The van der Waals surface area contributed by atoms with Crippen LogP contribution in [-0.4, -0.2) is 22.3 Å². The van der Waals surface area contributed by atoms with E-state index >= 15 is 0 Å². The Bertz CT molecular complexity index is 1580. The standard InChI is InChI=1S/C23H17N3O4S/c1-15-6-9-17(10-7-15)31(29,30)25-14-21(18-4-2-3-5-23(18)25)20-13-24-22-11-8-16(26(27)28)12-19(20)22/h2-14,24H,1H3. The number of non-ortho nitro benzene ring substituents is 1. The highest BCUT2D eigenvalue weighted by molar-refractivity contribution is 7.90. The van der Waals surface area contributed by atoms with Crippen molar-refractivity contribution in [2.75, 3.05) is 0 Å². The van der Waals surface area contributed by atoms with Crippen molar-refractivity contribution in [3.63, 3.8) is 0 Å². The van der Waals surface area contributed by atoms with Crippen molar-refractivity contribution < 1.29 is 13.3 Å². The first-order chi connectivity index (χ1) is 14.9. The summed E-state index contributed by atoms with van der Waals surface area (Å²) in [7, 11) is -3.83. The molecule has 1 N–H and O–H groups in total. The Hall–Kier alpha value is -3.91. The zero-order valence-corrected chi connectivity index (χ0v) is 17.3. The predicted molar refractivity (Wildman–Crippen MR) is 120 cm³/mol. The molecule has 154 valence electrons. The Morgan fingerprint density at radius 3 is 2.42 bits per heavy atom. The minimum Gasteiger partial charge on any atom is -0.361 e. The van der Waals surface area contributed by atoms with Crippen LogP contribution >= 0.6 is 0 Å². The number of nitro benzene ring substituents is 1. The van der Waals surface area contributed by atoms with Crippen LogP contribution in [0.25, 0.3) is 32.9 Å². The third-order valence-electron chi connectivity index (χ3n) is 5.42. The maximum Gasteiger partial charge on any atom is 0.270 e. The average molecular weight is 431 g/mol. The van der Waals surface area contributed by atoms with Crippen molar-refractivity contribution in [2.45, 2.75) is 11.8 Å². The van der Waals surface area contributed by atoms with Gasteiger partial charge in [0.1, 0.15) is 0 Å². The smallest absolute Gasteiger partial charge is 0.270 e. The maximum atomic E-state index is 13.4. The number of para-hydroxylation sites is 1. The van der Waals surface area contributed by atoms with E-state index in [2.05, 4.69) is 4.98 Å². The van der Waals surface area contributed by atoms with Crippen LogP contribution in [0.5, 0.6) is 0 Å². The highest BCUT2D eigenvalue weighted by Crippen LogP contribution is 2.37. The Labute approximate surface area is 177 Å². The Morgan fingerprint density at radius 2 is 1.68 bits per heavy atom. The first kappa shape index (κ1) is 19.1. The summed E-state index contributed by atoms with van der Waals surface area (Å²) in [6.45, 7) is 1.90. The van der Waals surface area contributed by atoms with Crippen LogP contribution in [0.15, 0.2) is 84.0 Å². The van der Waals surface area contributed by atoms with E-state index in [1.807, 2.05) is 19.1 Å². The number of H-pyrrole nitrogens is 1. The van der Waals surface area contributed by atoms with E-state index in [0.717, 1.165) is 16.5 Å². The molecule has 0 aliphatic heterocycles. The summed E-state index contributed by atoms with van der Waals surface area (Å²) in [5.74, 6) is 0. The topological polar surface area (TPSA) is 98.0 Å². The molecule has 0 radical (unpaired) electrons. The first-order valence-corrected chi connectivity index (χ1v) is 11.0. The lowest BCUT2D eigenvalue weighted by atomic mass is 10.0. The lowest BCUT2D eigenvalue weighted by Crippen LogP contribution is -2.11. The molecule has 3 aromatic carbocycles. The van der Waals surface area contributed by atoms with Gasteiger partial charge in [-0.2, -0.15) is 0 Å². The molecule has 2 aromatic heterocycles. The summed E-state index contributed by atoms with van der Waals surface area (Å²) in [5.41, 5.74) is 3.60. The van der Waals surface area contributed by atoms with E-state index in [-0.39, 0.29) is 10.6 Å². The van der Waals surface area contributed by atoms with Gasteiger partial charge in [-0.05, 0) is 31.2 Å². The average Bonchev–Trinajstić information content (AvgIpc) is 3.35. The van der Waals surface area contributed by atoms with Crippen molar-refractivity contribution >= 4 is 37.5 Å². The molecule has 8 heteroatoms. The molecule has 5 aromatic rings. The highest BCUT2D eigenvalue weighted by Gasteiger charge is 2.23. The molecule has 0 saturated carbocycles. The number of benzene rings is 3. The van der Waals surface area contributed by atoms with Gasteiger partial charge >= 0.3 is 0 Å². The van der Waals surface area contributed by atoms with Crippen LogP contribution in [0.2, 0.25) is 0 Å². The Morgan fingerprint density at radius 1 is 0.935 bits per heavy atom. The second kappa shape index (κ2) is 6.82. The largest absolute Gasteiger partial charge is 0.361 e. The van der Waals surface area contributed by atoms with Gasteiger partial charge in [0.2, 0.25) is 0 Å². The summed E-state index contributed by atoms with van der Waals surface area (Å²) in [4.78, 5) is 14.1. The van der Waals surface area contributed by atoms with Gasteiger partial charge in [0, 0.05) is 51.9 Å². The van der Waals surface area contributed by atoms with Crippen molar-refractivity contribution in [3.05, 3.63) is 94.8 Å². The number of nitro groups is 1. The van der Waals surface area contributed by atoms with Gasteiger partial charge in [0.15, 0.2) is 0 Å². The van der Waals surface area contributed by atoms with Crippen molar-refractivity contribution in [1.29, 1.82) is 0 Å². The quantitative estimate of drug-likeness (QED) is 0.311. The molecule has 31 heavy (non-hydrogen) atoms. The van der Waals surface area contributed by atoms with Gasteiger partial charge in [0.25, 0.3) is 15.7 Å². The molecule has 0 fully saturated rings. The van der Waals surface area contributed by atoms with E-state index in [0.29, 0.717) is 22.0 Å². The van der Waals surface area contributed by atoms with Crippen LogP contribution in [0.4, 0.5) is 5.69 Å². The van der Waals surface area contributed by atoms with E-state index < -0.39 is 14.9 Å². The number of nitrogens with zero attached hydrogens (tertiary/aromatic N) is 2. The van der Waals surface area contributed by atoms with E-state index in [1.165, 1.54) is 16.1 Å². The number of hydrogen-bond donors (Lipinski definition) is 1. The lowest BCUT2D eigenvalue weighted by Gasteiger charge is -2.07. The highest BCUT2D eigenvalue weighted by atomic mass is 32.2. The fraction of sp³-hybridized carbons (Fsp3) is 0.0435. The maximum absolute atomic E-state index is 13.4. The van der Waals surface area contributed by atoms with E-state index in [4.69, 9.17) is 0 Å². The summed E-state index contributed by atoms with van der Waals surface area (Å²) in [6.07, 6.45) is 3.33. The number of hydrogen-bond acceptors (Lipinski definition) is 4. The van der Waals surface area contributed by atoms with Gasteiger partial charge < -0.3 is 4.98 Å². The van der Waals surface area contributed by atoms with E-state index in [9.17, 15) is 18.5 Å². The molecule has 0 aliphatic carbocycles. The summed E-state index contributed by atoms with van der Waals surface area (Å²) >= 11 is 0. The van der Waals surface area contributed by atoms with Crippen LogP contribution < -0.4 is 0 Å². The molecular formula is C23H17N3O4S. The van der Waals surface area contributed by atoms with Gasteiger partial charge in [0.05, 0.1) is 15.3 Å². The van der Waals surface area contributed by atoms with Crippen LogP contribution in [0.1, 0.15) is 5.56 Å². The number of nitrogens with one attached hydrogen (secondary N) is 1. The lowest BCUT2D eigenvalue weighted by molar-refractivity contribution is -0.384. The summed E-state index contributed by atoms with van der Waals surface area (Å²) in [6, 6.07) is 18.5. The van der Waals surface area contributed by atoms with Gasteiger partial charge in [-0.15, -0.1) is 0 Å². The molecular weight excluding hydrogens is 414 g/mol. The molecule has 0 atom stereocenters. The Balaban J connectivity index is 1.78. The third-order valence-corrected chi connectivity index (χ3v) is 7.11. The summed E-state index contributed by atoms with van der Waals surface area (Å²) < 4.78 is 28.1. The first-order valence-electron chi connectivity index (χ1n) is 9.54. The number of fused-ring (bicyclic) bond motifs is 2. The van der Waals surface area contributed by atoms with Crippen LogP contribution in [0, 0.1) is 17.0 Å². The second-order valence-corrected chi connectivity index (χ2v) is 9.18. The minimum atomic E-state index is -3.83. The SMILES string of the molecule is Cc1ccc(S(=O)(=O)n2cc(-c3c[nH]c4ccc([N+](=O)[O-])cc34)c3ccccc32)cc1. The number of rotatable bonds is 4. The third kappa shape index (κ3) is 3.00. The van der Waals surface area contributed by atoms with E-state index in [1.54, 1.807) is 54.9 Å². The zero-order valence-electron chi connectivity index (χ0n) is 16.4. The molecule has 0 spiro atoms. The van der Waals surface area contributed by atoms with Gasteiger partial charge in [-0.25, -0.2) is 12.4 Å². The zero-order chi connectivity index (χ0) is 21.8. The molecule has 0 bridgehead atoms. The molecule has 0 amide bonds. The number of aromatic nitrogens is 2. The fourth-order valence-corrected chi connectivity index (χ4v) is 5.20. The van der Waals surface area contributed by atoms with Crippen molar-refractivity contribution in [2.24, 2.45) is 0 Å². The predicted octanol–water partition coefficient (Wildman–Crippen LogP) is 5.24. The summed E-state index contributed by atoms with van der Waals surface area (Å²) in [5, 5.41) is 12.7. The molecule has 5 rings (SSSR count). The van der Waals surface area contributed by atoms with Crippen molar-refractivity contribution in [3.8, 4) is 11.1 Å². The molecule has 2 heterocycles.